The molecule has 1 amide bonds. The summed E-state index contributed by atoms with van der Waals surface area (Å²) in [6.45, 7) is 6.06. The fraction of sp³-hybridized carbons (Fsp3) is 0.533. The monoisotopic (exact) mass is 278 g/mol. The number of carboxylic acids is 1. The van der Waals surface area contributed by atoms with Gasteiger partial charge in [-0.05, 0) is 24.0 Å². The molecule has 0 aliphatic carbocycles. The first-order valence-corrected chi connectivity index (χ1v) is 6.67. The molecule has 0 aromatic carbocycles. The molecule has 0 aliphatic rings. The quantitative estimate of drug-likeness (QED) is 0.834. The van der Waals surface area contributed by atoms with Crippen LogP contribution in [0.2, 0.25) is 0 Å². The molecule has 5 nitrogen and oxygen atoms in total. The van der Waals surface area contributed by atoms with Crippen LogP contribution in [0.1, 0.15) is 39.3 Å². The predicted molar refractivity (Wildman–Crippen MR) is 76.2 cm³/mol. The summed E-state index contributed by atoms with van der Waals surface area (Å²) in [5, 5.41) is 11.7. The van der Waals surface area contributed by atoms with Gasteiger partial charge in [-0.25, -0.2) is 0 Å². The van der Waals surface area contributed by atoms with Crippen LogP contribution in [0.5, 0.6) is 0 Å². The summed E-state index contributed by atoms with van der Waals surface area (Å²) < 4.78 is 0. The van der Waals surface area contributed by atoms with Crippen molar-refractivity contribution in [2.24, 2.45) is 5.41 Å². The lowest BCUT2D eigenvalue weighted by molar-refractivity contribution is -0.137. The van der Waals surface area contributed by atoms with E-state index in [1.54, 1.807) is 18.3 Å². The van der Waals surface area contributed by atoms with Crippen LogP contribution in [0.3, 0.4) is 0 Å². The van der Waals surface area contributed by atoms with Crippen molar-refractivity contribution in [3.8, 4) is 0 Å². The molecule has 1 heterocycles. The van der Waals surface area contributed by atoms with Gasteiger partial charge in [-0.1, -0.05) is 26.8 Å². The van der Waals surface area contributed by atoms with E-state index in [2.05, 4.69) is 10.3 Å². The summed E-state index contributed by atoms with van der Waals surface area (Å²) in [5.41, 5.74) is 0.633. The highest BCUT2D eigenvalue weighted by Gasteiger charge is 2.22. The molecular weight excluding hydrogens is 256 g/mol. The van der Waals surface area contributed by atoms with Crippen molar-refractivity contribution in [3.63, 3.8) is 0 Å². The molecule has 110 valence electrons. The Morgan fingerprint density at radius 1 is 1.35 bits per heavy atom. The highest BCUT2D eigenvalue weighted by molar-refractivity contribution is 5.79. The lowest BCUT2D eigenvalue weighted by atomic mass is 9.87. The van der Waals surface area contributed by atoms with E-state index in [0.29, 0.717) is 12.1 Å². The molecule has 0 saturated carbocycles. The fourth-order valence-electron chi connectivity index (χ4n) is 2.07. The van der Waals surface area contributed by atoms with Gasteiger partial charge in [0.05, 0.1) is 12.8 Å². The van der Waals surface area contributed by atoms with Gasteiger partial charge < -0.3 is 10.4 Å². The SMILES string of the molecule is CC(C)(C)CC(CC(=O)O)NC(=O)Cc1ccccn1. The van der Waals surface area contributed by atoms with Gasteiger partial charge in [-0.15, -0.1) is 0 Å². The van der Waals surface area contributed by atoms with Gasteiger partial charge in [0.1, 0.15) is 0 Å². The predicted octanol–water partition coefficient (Wildman–Crippen LogP) is 2.02. The summed E-state index contributed by atoms with van der Waals surface area (Å²) in [4.78, 5) is 26.9. The van der Waals surface area contributed by atoms with Gasteiger partial charge in [0.2, 0.25) is 5.91 Å². The van der Waals surface area contributed by atoms with Crippen molar-refractivity contribution in [3.05, 3.63) is 30.1 Å². The van der Waals surface area contributed by atoms with Gasteiger partial charge in [0.25, 0.3) is 0 Å². The molecule has 0 bridgehead atoms. The second-order valence-electron chi connectivity index (χ2n) is 6.12. The third-order valence-corrected chi connectivity index (χ3v) is 2.71. The zero-order valence-electron chi connectivity index (χ0n) is 12.2. The molecule has 0 saturated heterocycles. The highest BCUT2D eigenvalue weighted by Crippen LogP contribution is 2.22. The minimum atomic E-state index is -0.905. The molecular formula is C15H22N2O3. The molecule has 1 aromatic rings. The number of amides is 1. The number of carbonyl (C=O) groups excluding carboxylic acids is 1. The molecule has 1 atom stereocenters. The molecule has 0 aliphatic heterocycles. The summed E-state index contributed by atoms with van der Waals surface area (Å²) >= 11 is 0. The lowest BCUT2D eigenvalue weighted by Crippen LogP contribution is -2.39. The van der Waals surface area contributed by atoms with Crippen molar-refractivity contribution in [1.29, 1.82) is 0 Å². The van der Waals surface area contributed by atoms with Crippen molar-refractivity contribution < 1.29 is 14.7 Å². The molecule has 20 heavy (non-hydrogen) atoms. The zero-order valence-corrected chi connectivity index (χ0v) is 12.2. The number of carboxylic acid groups (broad SMARTS) is 1. The number of hydrogen-bond donors (Lipinski definition) is 2. The Balaban J connectivity index is 2.59. The van der Waals surface area contributed by atoms with Crippen LogP contribution >= 0.6 is 0 Å². The first-order chi connectivity index (χ1) is 9.26. The van der Waals surface area contributed by atoms with Gasteiger partial charge in [0.15, 0.2) is 0 Å². The number of nitrogens with one attached hydrogen (secondary N) is 1. The minimum absolute atomic E-state index is 0.0433. The number of hydrogen-bond acceptors (Lipinski definition) is 3. The van der Waals surface area contributed by atoms with Crippen LogP contribution in [-0.2, 0) is 16.0 Å². The van der Waals surface area contributed by atoms with Crippen molar-refractivity contribution in [2.75, 3.05) is 0 Å². The average molecular weight is 278 g/mol. The van der Waals surface area contributed by atoms with Crippen LogP contribution in [0.15, 0.2) is 24.4 Å². The summed E-state index contributed by atoms with van der Waals surface area (Å²) in [6, 6.07) is 5.02. The van der Waals surface area contributed by atoms with Crippen molar-refractivity contribution in [1.82, 2.24) is 10.3 Å². The summed E-state index contributed by atoms with van der Waals surface area (Å²) in [7, 11) is 0. The first-order valence-electron chi connectivity index (χ1n) is 6.67. The average Bonchev–Trinajstić information content (AvgIpc) is 2.26. The van der Waals surface area contributed by atoms with Crippen LogP contribution in [0.4, 0.5) is 0 Å². The first kappa shape index (κ1) is 16.1. The van der Waals surface area contributed by atoms with E-state index in [-0.39, 0.29) is 30.2 Å². The highest BCUT2D eigenvalue weighted by atomic mass is 16.4. The normalized spacial score (nSPS) is 12.8. The summed E-state index contributed by atoms with van der Waals surface area (Å²) in [6.07, 6.45) is 2.35. The van der Waals surface area contributed by atoms with E-state index in [9.17, 15) is 9.59 Å². The lowest BCUT2D eigenvalue weighted by Gasteiger charge is -2.25. The standard InChI is InChI=1S/C15H22N2O3/c1-15(2,3)10-12(9-14(19)20)17-13(18)8-11-6-4-5-7-16-11/h4-7,12H,8-10H2,1-3H3,(H,17,18)(H,19,20). The number of rotatable bonds is 6. The molecule has 1 rings (SSSR count). The van der Waals surface area contributed by atoms with E-state index in [4.69, 9.17) is 5.11 Å². The number of nitrogens with zero attached hydrogens (tertiary/aromatic N) is 1. The maximum atomic E-state index is 11.9. The van der Waals surface area contributed by atoms with E-state index < -0.39 is 5.97 Å². The van der Waals surface area contributed by atoms with E-state index in [1.165, 1.54) is 0 Å². The van der Waals surface area contributed by atoms with Crippen LogP contribution < -0.4 is 5.32 Å². The molecule has 5 heteroatoms. The minimum Gasteiger partial charge on any atom is -0.481 e. The third kappa shape index (κ3) is 6.87. The van der Waals surface area contributed by atoms with Crippen molar-refractivity contribution in [2.45, 2.75) is 46.1 Å². The Labute approximate surface area is 119 Å². The number of aromatic nitrogens is 1. The molecule has 0 fully saturated rings. The van der Waals surface area contributed by atoms with Crippen LogP contribution in [0, 0.1) is 5.41 Å². The number of carbonyl (C=O) groups is 2. The van der Waals surface area contributed by atoms with Crippen LogP contribution in [0.25, 0.3) is 0 Å². The topological polar surface area (TPSA) is 79.3 Å². The van der Waals surface area contributed by atoms with Gasteiger partial charge in [-0.3, -0.25) is 14.6 Å². The van der Waals surface area contributed by atoms with E-state index >= 15 is 0 Å². The second kappa shape index (κ2) is 7.03. The number of aliphatic carboxylic acids is 1. The molecule has 0 spiro atoms. The smallest absolute Gasteiger partial charge is 0.305 e. The van der Waals surface area contributed by atoms with E-state index in [0.717, 1.165) is 0 Å². The fourth-order valence-corrected chi connectivity index (χ4v) is 2.07. The Kier molecular flexibility index (Phi) is 5.67. The third-order valence-electron chi connectivity index (χ3n) is 2.71. The second-order valence-corrected chi connectivity index (χ2v) is 6.12. The molecule has 1 aromatic heterocycles. The molecule has 1 unspecified atom stereocenters. The van der Waals surface area contributed by atoms with Gasteiger partial charge >= 0.3 is 5.97 Å². The van der Waals surface area contributed by atoms with Gasteiger partial charge in [0, 0.05) is 17.9 Å². The maximum absolute atomic E-state index is 11.9. The van der Waals surface area contributed by atoms with Crippen molar-refractivity contribution >= 4 is 11.9 Å². The zero-order chi connectivity index (χ0) is 15.2. The van der Waals surface area contributed by atoms with Crippen LogP contribution in [-0.4, -0.2) is 28.0 Å². The Morgan fingerprint density at radius 3 is 2.55 bits per heavy atom. The molecule has 0 radical (unpaired) electrons. The Morgan fingerprint density at radius 2 is 2.05 bits per heavy atom. The maximum Gasteiger partial charge on any atom is 0.305 e. The number of pyridine rings is 1. The Hall–Kier alpha value is -1.91. The largest absolute Gasteiger partial charge is 0.481 e. The Bertz CT molecular complexity index is 452. The molecule has 2 N–H and O–H groups in total. The van der Waals surface area contributed by atoms with Gasteiger partial charge in [-0.2, -0.15) is 0 Å². The van der Waals surface area contributed by atoms with E-state index in [1.807, 2.05) is 26.8 Å². The summed E-state index contributed by atoms with van der Waals surface area (Å²) in [5.74, 6) is -1.10.